The first-order chi connectivity index (χ1) is 13.2. The molecule has 8 rings (SSSR count). The Morgan fingerprint density at radius 1 is 0.679 bits per heavy atom. The molecule has 8 aliphatic rings. The van der Waals surface area contributed by atoms with Gasteiger partial charge in [0.2, 0.25) is 0 Å². The monoisotopic (exact) mass is 515 g/mol. The van der Waals surface area contributed by atoms with Crippen LogP contribution >= 0.6 is 17.5 Å². The predicted molar refractivity (Wildman–Crippen MR) is 122 cm³/mol. The zero-order chi connectivity index (χ0) is 18.6. The first kappa shape index (κ1) is 22.6. The van der Waals surface area contributed by atoms with Gasteiger partial charge in [-0.1, -0.05) is 13.3 Å². The fourth-order valence-electron chi connectivity index (χ4n) is 10.4. The summed E-state index contributed by atoms with van der Waals surface area (Å²) in [4.78, 5) is 0. The number of halogens is 1. The van der Waals surface area contributed by atoms with Crippen molar-refractivity contribution < 1.29 is 18.2 Å². The summed E-state index contributed by atoms with van der Waals surface area (Å²) < 4.78 is 0. The molecule has 0 aromatic rings. The van der Waals surface area contributed by atoms with E-state index in [-0.39, 0.29) is 15.3 Å². The second-order valence-electron chi connectivity index (χ2n) is 12.0. The van der Waals surface area contributed by atoms with E-state index in [2.05, 4.69) is 34.6 Å². The van der Waals surface area contributed by atoms with E-state index < -0.39 is 0 Å². The molecule has 0 aromatic heterocycles. The molecule has 0 heterocycles. The summed E-state index contributed by atoms with van der Waals surface area (Å²) in [6.07, 6.45) is 24.8. The van der Waals surface area contributed by atoms with Gasteiger partial charge >= 0.3 is 27.7 Å². The molecule has 0 nitrogen and oxygen atoms in total. The van der Waals surface area contributed by atoms with Gasteiger partial charge in [0.25, 0.3) is 0 Å². The van der Waals surface area contributed by atoms with Crippen LogP contribution in [0.5, 0.6) is 0 Å². The van der Waals surface area contributed by atoms with Crippen molar-refractivity contribution in [2.75, 3.05) is 6.16 Å². The van der Waals surface area contributed by atoms with Crippen molar-refractivity contribution in [3.63, 3.8) is 0 Å². The number of rotatable bonds is 5. The minimum atomic E-state index is -0.196. The van der Waals surface area contributed by atoms with Gasteiger partial charge in [0.1, 0.15) is 0 Å². The summed E-state index contributed by atoms with van der Waals surface area (Å²) in [5, 5.41) is 1.83. The molecule has 8 fully saturated rings. The quantitative estimate of drug-likeness (QED) is 0.197. The summed E-state index contributed by atoms with van der Waals surface area (Å²) in [6.45, 7) is 2.46. The third-order valence-corrected chi connectivity index (χ3v) is 14.8. The van der Waals surface area contributed by atoms with E-state index in [0.29, 0.717) is 0 Å². The topological polar surface area (TPSA) is 0 Å². The van der Waals surface area contributed by atoms with Crippen molar-refractivity contribution >= 4 is 17.5 Å². The van der Waals surface area contributed by atoms with Crippen LogP contribution in [0.15, 0.2) is 0 Å². The molecule has 0 spiro atoms. The molecular formula is C25H43ClPPd+. The normalized spacial score (nSPS) is 50.7. The van der Waals surface area contributed by atoms with Gasteiger partial charge in [-0.2, -0.15) is 0 Å². The maximum atomic E-state index is 4.49. The molecule has 3 heteroatoms. The molecule has 0 unspecified atom stereocenters. The Labute approximate surface area is 191 Å². The van der Waals surface area contributed by atoms with E-state index in [4.69, 9.17) is 0 Å². The Kier molecular flexibility index (Phi) is 7.03. The van der Waals surface area contributed by atoms with Crippen LogP contribution in [0.3, 0.4) is 0 Å². The van der Waals surface area contributed by atoms with Crippen LogP contribution < -0.4 is 0 Å². The van der Waals surface area contributed by atoms with Crippen LogP contribution in [0.1, 0.15) is 96.8 Å². The standard InChI is InChI=1S/C24H39P.CH3.ClH.Pd/c1-2-3-4-25(23-11-17-5-18(12-23)7-19(6-17)13-23)24-14-20-8-21(15-24)10-22(9-20)16-24;;;/h17-22H,2-16H2,1H3;1H3;1H;/q;-1;;+2. The van der Waals surface area contributed by atoms with Crippen LogP contribution in [-0.2, 0) is 18.2 Å². The van der Waals surface area contributed by atoms with Gasteiger partial charge < -0.3 is 7.43 Å². The second kappa shape index (κ2) is 8.73. The SMILES string of the molecule is CCCC[PH+](C12CC3CC(CC(C3)C1)C2)C12CC3CC(CC(C3)C1)C2.[CH3-].[Cl][Pd+]. The van der Waals surface area contributed by atoms with Gasteiger partial charge in [0.05, 0.1) is 16.5 Å². The molecule has 164 valence electrons. The van der Waals surface area contributed by atoms with Crippen molar-refractivity contribution in [1.29, 1.82) is 0 Å². The van der Waals surface area contributed by atoms with Crippen molar-refractivity contribution in [3.8, 4) is 0 Å². The predicted octanol–water partition coefficient (Wildman–Crippen LogP) is 8.08. The molecule has 0 aliphatic heterocycles. The Hall–Kier alpha value is 1.38. The molecule has 0 aromatic carbocycles. The van der Waals surface area contributed by atoms with Crippen LogP contribution in [0.4, 0.5) is 0 Å². The molecule has 8 bridgehead atoms. The van der Waals surface area contributed by atoms with Gasteiger partial charge in [-0.15, -0.1) is 0 Å². The molecule has 0 saturated heterocycles. The molecule has 0 amide bonds. The summed E-state index contributed by atoms with van der Waals surface area (Å²) in [6, 6.07) is 0. The van der Waals surface area contributed by atoms with Gasteiger partial charge in [-0.25, -0.2) is 0 Å². The van der Waals surface area contributed by atoms with Gasteiger partial charge in [0.15, 0.2) is 0 Å². The van der Waals surface area contributed by atoms with Crippen molar-refractivity contribution in [3.05, 3.63) is 7.43 Å². The summed E-state index contributed by atoms with van der Waals surface area (Å²) in [5.41, 5.74) is 0. The third-order valence-electron chi connectivity index (χ3n) is 10.1. The van der Waals surface area contributed by atoms with Gasteiger partial charge in [-0.05, 0) is 119 Å². The molecule has 0 atom stereocenters. The van der Waals surface area contributed by atoms with E-state index in [0.717, 1.165) is 10.3 Å². The van der Waals surface area contributed by atoms with Crippen LogP contribution in [-0.4, -0.2) is 16.5 Å². The fraction of sp³-hybridized carbons (Fsp3) is 0.960. The molecule has 28 heavy (non-hydrogen) atoms. The van der Waals surface area contributed by atoms with Gasteiger partial charge in [-0.3, -0.25) is 0 Å². The number of hydrogen-bond donors (Lipinski definition) is 0. The third kappa shape index (κ3) is 3.74. The first-order valence-electron chi connectivity index (χ1n) is 12.1. The van der Waals surface area contributed by atoms with Crippen molar-refractivity contribution in [1.82, 2.24) is 0 Å². The number of hydrogen-bond acceptors (Lipinski definition) is 0. The summed E-state index contributed by atoms with van der Waals surface area (Å²) in [7, 11) is 4.29. The Morgan fingerprint density at radius 3 is 1.21 bits per heavy atom. The van der Waals surface area contributed by atoms with E-state index in [1.807, 2.05) is 0 Å². The van der Waals surface area contributed by atoms with E-state index in [1.54, 1.807) is 89.6 Å². The Balaban J connectivity index is 0.000000622. The fourth-order valence-corrected chi connectivity index (χ4v) is 16.5. The molecule has 0 N–H and O–H groups in total. The zero-order valence-electron chi connectivity index (χ0n) is 18.3. The first-order valence-corrected chi connectivity index (χ1v) is 15.9. The van der Waals surface area contributed by atoms with E-state index in [9.17, 15) is 0 Å². The molecule has 8 saturated carbocycles. The van der Waals surface area contributed by atoms with Crippen molar-refractivity contribution in [2.24, 2.45) is 35.5 Å². The van der Waals surface area contributed by atoms with E-state index >= 15 is 0 Å². The zero-order valence-corrected chi connectivity index (χ0v) is 21.6. The summed E-state index contributed by atoms with van der Waals surface area (Å²) in [5.74, 6) is 7.01. The average molecular weight is 516 g/mol. The number of unbranched alkanes of at least 4 members (excludes halogenated alkanes) is 1. The summed E-state index contributed by atoms with van der Waals surface area (Å²) >= 11 is 2.22. The molecular weight excluding hydrogens is 473 g/mol. The Morgan fingerprint density at radius 2 is 0.964 bits per heavy atom. The van der Waals surface area contributed by atoms with Crippen LogP contribution in [0.25, 0.3) is 0 Å². The van der Waals surface area contributed by atoms with Crippen molar-refractivity contribution in [2.45, 2.75) is 107 Å². The molecule has 0 radical (unpaired) electrons. The average Bonchev–Trinajstić information content (AvgIpc) is 2.61. The second-order valence-corrected chi connectivity index (χ2v) is 15.6. The van der Waals surface area contributed by atoms with Gasteiger partial charge in [0, 0.05) is 7.92 Å². The molecule has 8 aliphatic carbocycles. The van der Waals surface area contributed by atoms with Crippen LogP contribution in [0, 0.1) is 42.9 Å². The Bertz CT molecular complexity index is 432. The van der Waals surface area contributed by atoms with E-state index in [1.165, 1.54) is 41.9 Å². The minimum absolute atomic E-state index is 0. The van der Waals surface area contributed by atoms with Crippen LogP contribution in [0.2, 0.25) is 0 Å². The maximum absolute atomic E-state index is 4.49.